The van der Waals surface area contributed by atoms with Crippen LogP contribution in [0.4, 0.5) is 4.39 Å². The third-order valence-electron chi connectivity index (χ3n) is 4.42. The minimum absolute atomic E-state index is 0.390. The number of hydrogen-bond donors (Lipinski definition) is 0. The van der Waals surface area contributed by atoms with Crippen molar-refractivity contribution in [3.8, 4) is 17.1 Å². The molecule has 0 amide bonds. The SMILES string of the molecule is CCCCCCCCc1cnc(-c2ccc(OCCC(C)F)cc2)nc1. The molecule has 0 saturated carbocycles. The lowest BCUT2D eigenvalue weighted by Crippen LogP contribution is -2.03. The van der Waals surface area contributed by atoms with E-state index in [0.717, 1.165) is 23.6 Å². The summed E-state index contributed by atoms with van der Waals surface area (Å²) < 4.78 is 18.3. The first-order chi connectivity index (χ1) is 12.7. The second-order valence-electron chi connectivity index (χ2n) is 6.87. The van der Waals surface area contributed by atoms with Crippen LogP contribution < -0.4 is 4.74 Å². The van der Waals surface area contributed by atoms with Crippen LogP contribution in [0.2, 0.25) is 0 Å². The number of unbranched alkanes of at least 4 members (excludes halogenated alkanes) is 5. The van der Waals surface area contributed by atoms with Gasteiger partial charge in [-0.25, -0.2) is 14.4 Å². The van der Waals surface area contributed by atoms with Crippen LogP contribution in [0.25, 0.3) is 11.4 Å². The fourth-order valence-corrected chi connectivity index (χ4v) is 2.78. The zero-order valence-corrected chi connectivity index (χ0v) is 16.1. The van der Waals surface area contributed by atoms with E-state index in [4.69, 9.17) is 4.74 Å². The molecule has 0 aliphatic rings. The first kappa shape index (κ1) is 20.3. The second-order valence-corrected chi connectivity index (χ2v) is 6.87. The van der Waals surface area contributed by atoms with Gasteiger partial charge in [-0.15, -0.1) is 0 Å². The van der Waals surface area contributed by atoms with E-state index in [1.165, 1.54) is 44.1 Å². The molecule has 0 aliphatic carbocycles. The molecule has 0 spiro atoms. The fraction of sp³-hybridized carbons (Fsp3) is 0.545. The molecule has 2 rings (SSSR count). The summed E-state index contributed by atoms with van der Waals surface area (Å²) in [6, 6.07) is 7.64. The lowest BCUT2D eigenvalue weighted by Gasteiger charge is -2.07. The predicted octanol–water partition coefficient (Wildman–Crippen LogP) is 6.17. The van der Waals surface area contributed by atoms with Gasteiger partial charge in [-0.2, -0.15) is 0 Å². The van der Waals surface area contributed by atoms with Crippen LogP contribution in [0.1, 0.15) is 64.4 Å². The normalized spacial score (nSPS) is 12.1. The number of rotatable bonds is 12. The molecule has 1 unspecified atom stereocenters. The molecular weight excluding hydrogens is 327 g/mol. The Morgan fingerprint density at radius 1 is 0.962 bits per heavy atom. The average Bonchev–Trinajstić information content (AvgIpc) is 2.65. The van der Waals surface area contributed by atoms with Crippen LogP contribution in [0.5, 0.6) is 5.75 Å². The maximum atomic E-state index is 12.8. The maximum Gasteiger partial charge on any atom is 0.159 e. The summed E-state index contributed by atoms with van der Waals surface area (Å²) in [4.78, 5) is 8.98. The quantitative estimate of drug-likeness (QED) is 0.425. The van der Waals surface area contributed by atoms with E-state index in [0.29, 0.717) is 13.0 Å². The molecule has 1 aromatic carbocycles. The summed E-state index contributed by atoms with van der Waals surface area (Å²) in [6.07, 6.45) is 12.3. The van der Waals surface area contributed by atoms with Gasteiger partial charge in [0.15, 0.2) is 5.82 Å². The van der Waals surface area contributed by atoms with Crippen molar-refractivity contribution in [1.82, 2.24) is 9.97 Å². The zero-order chi connectivity index (χ0) is 18.6. The van der Waals surface area contributed by atoms with Crippen molar-refractivity contribution in [3.63, 3.8) is 0 Å². The van der Waals surface area contributed by atoms with Crippen molar-refractivity contribution < 1.29 is 9.13 Å². The first-order valence-electron chi connectivity index (χ1n) is 9.87. The van der Waals surface area contributed by atoms with Crippen LogP contribution in [0.15, 0.2) is 36.7 Å². The largest absolute Gasteiger partial charge is 0.493 e. The molecule has 0 aliphatic heterocycles. The van der Waals surface area contributed by atoms with Gasteiger partial charge in [-0.3, -0.25) is 0 Å². The molecule has 1 heterocycles. The Morgan fingerprint density at radius 2 is 1.62 bits per heavy atom. The van der Waals surface area contributed by atoms with Gasteiger partial charge >= 0.3 is 0 Å². The van der Waals surface area contributed by atoms with Crippen LogP contribution in [0, 0.1) is 0 Å². The van der Waals surface area contributed by atoms with E-state index in [-0.39, 0.29) is 0 Å². The third kappa shape index (κ3) is 7.51. The number of aryl methyl sites for hydroxylation is 1. The summed E-state index contributed by atoms with van der Waals surface area (Å²) in [5.41, 5.74) is 2.16. The van der Waals surface area contributed by atoms with Crippen molar-refractivity contribution in [2.75, 3.05) is 6.61 Å². The molecule has 0 saturated heterocycles. The average molecular weight is 359 g/mol. The molecule has 1 aromatic heterocycles. The predicted molar refractivity (Wildman–Crippen MR) is 105 cm³/mol. The highest BCUT2D eigenvalue weighted by Gasteiger charge is 2.04. The third-order valence-corrected chi connectivity index (χ3v) is 4.42. The summed E-state index contributed by atoms with van der Waals surface area (Å²) in [5.74, 6) is 1.47. The van der Waals surface area contributed by atoms with Crippen molar-refractivity contribution in [1.29, 1.82) is 0 Å². The van der Waals surface area contributed by atoms with Gasteiger partial charge in [0, 0.05) is 24.4 Å². The number of alkyl halides is 1. The maximum absolute atomic E-state index is 12.8. The minimum atomic E-state index is -0.836. The molecule has 4 heteroatoms. The van der Waals surface area contributed by atoms with E-state index in [1.807, 2.05) is 36.7 Å². The van der Waals surface area contributed by atoms with Crippen molar-refractivity contribution >= 4 is 0 Å². The van der Waals surface area contributed by atoms with Gasteiger partial charge in [-0.1, -0.05) is 39.0 Å². The van der Waals surface area contributed by atoms with Crippen molar-refractivity contribution in [2.45, 2.75) is 71.4 Å². The molecule has 0 fully saturated rings. The summed E-state index contributed by atoms with van der Waals surface area (Å²) in [6.45, 7) is 4.17. The summed E-state index contributed by atoms with van der Waals surface area (Å²) >= 11 is 0. The van der Waals surface area contributed by atoms with Gasteiger partial charge < -0.3 is 4.74 Å². The summed E-state index contributed by atoms with van der Waals surface area (Å²) in [5, 5.41) is 0. The lowest BCUT2D eigenvalue weighted by molar-refractivity contribution is 0.247. The van der Waals surface area contributed by atoms with Gasteiger partial charge in [0.1, 0.15) is 11.9 Å². The Morgan fingerprint density at radius 3 is 2.27 bits per heavy atom. The Balaban J connectivity index is 1.78. The van der Waals surface area contributed by atoms with E-state index >= 15 is 0 Å². The van der Waals surface area contributed by atoms with Gasteiger partial charge in [0.25, 0.3) is 0 Å². The Bertz CT molecular complexity index is 611. The van der Waals surface area contributed by atoms with Crippen LogP contribution in [-0.4, -0.2) is 22.7 Å². The van der Waals surface area contributed by atoms with E-state index in [1.54, 1.807) is 6.92 Å². The smallest absolute Gasteiger partial charge is 0.159 e. The number of aromatic nitrogens is 2. The van der Waals surface area contributed by atoms with Gasteiger partial charge in [0.05, 0.1) is 6.61 Å². The van der Waals surface area contributed by atoms with E-state index in [2.05, 4.69) is 16.9 Å². The van der Waals surface area contributed by atoms with E-state index < -0.39 is 6.17 Å². The number of halogens is 1. The Kier molecular flexibility index (Phi) is 9.08. The Labute approximate surface area is 157 Å². The Hall–Kier alpha value is -1.97. The monoisotopic (exact) mass is 358 g/mol. The number of nitrogens with zero attached hydrogens (tertiary/aromatic N) is 2. The molecule has 26 heavy (non-hydrogen) atoms. The van der Waals surface area contributed by atoms with Crippen molar-refractivity contribution in [3.05, 3.63) is 42.2 Å². The van der Waals surface area contributed by atoms with Gasteiger partial charge in [-0.05, 0) is 49.6 Å². The second kappa shape index (κ2) is 11.6. The first-order valence-corrected chi connectivity index (χ1v) is 9.87. The topological polar surface area (TPSA) is 35.0 Å². The highest BCUT2D eigenvalue weighted by molar-refractivity contribution is 5.55. The van der Waals surface area contributed by atoms with E-state index in [9.17, 15) is 4.39 Å². The van der Waals surface area contributed by atoms with Gasteiger partial charge in [0.2, 0.25) is 0 Å². The molecular formula is C22H31FN2O. The standard InChI is InChI=1S/C22H31FN2O/c1-3-4-5-6-7-8-9-19-16-24-22(25-17-19)20-10-12-21(13-11-20)26-15-14-18(2)23/h10-13,16-18H,3-9,14-15H2,1-2H3. The number of hydrogen-bond acceptors (Lipinski definition) is 3. The molecule has 2 aromatic rings. The molecule has 0 radical (unpaired) electrons. The lowest BCUT2D eigenvalue weighted by atomic mass is 10.1. The number of benzene rings is 1. The molecule has 142 valence electrons. The van der Waals surface area contributed by atoms with Crippen molar-refractivity contribution in [2.24, 2.45) is 0 Å². The van der Waals surface area contributed by atoms with Crippen LogP contribution in [0.3, 0.4) is 0 Å². The molecule has 0 N–H and O–H groups in total. The van der Waals surface area contributed by atoms with Crippen LogP contribution >= 0.6 is 0 Å². The van der Waals surface area contributed by atoms with Crippen LogP contribution in [-0.2, 0) is 6.42 Å². The molecule has 0 bridgehead atoms. The minimum Gasteiger partial charge on any atom is -0.493 e. The molecule has 3 nitrogen and oxygen atoms in total. The zero-order valence-electron chi connectivity index (χ0n) is 16.1. The molecule has 1 atom stereocenters. The summed E-state index contributed by atoms with van der Waals surface area (Å²) in [7, 11) is 0. The highest BCUT2D eigenvalue weighted by atomic mass is 19.1. The number of ether oxygens (including phenoxy) is 1. The fourth-order valence-electron chi connectivity index (χ4n) is 2.78. The highest BCUT2D eigenvalue weighted by Crippen LogP contribution is 2.20.